The lowest BCUT2D eigenvalue weighted by molar-refractivity contribution is -0.142. The van der Waals surface area contributed by atoms with Gasteiger partial charge in [0.05, 0.1) is 54.0 Å². The molecular formula is C61H63N9O9S2. The van der Waals surface area contributed by atoms with Crippen LogP contribution in [-0.4, -0.2) is 110 Å². The van der Waals surface area contributed by atoms with Crippen LogP contribution in [0.15, 0.2) is 112 Å². The smallest absolute Gasteiger partial charge is 0.308 e. The highest BCUT2D eigenvalue weighted by Gasteiger charge is 2.45. The molecule has 0 bridgehead atoms. The number of β-amino-alcohol motifs (C(OH)–C–C–N with tert-alkyl or cyclic N) is 1. The number of ether oxygens (including phenoxy) is 2. The molecule has 0 unspecified atom stereocenters. The van der Waals surface area contributed by atoms with Crippen molar-refractivity contribution in [1.29, 1.82) is 0 Å². The van der Waals surface area contributed by atoms with Gasteiger partial charge in [0.15, 0.2) is 11.6 Å². The first kappa shape index (κ1) is 56.0. The lowest BCUT2D eigenvalue weighted by atomic mass is 9.85. The molecule has 81 heavy (non-hydrogen) atoms. The summed E-state index contributed by atoms with van der Waals surface area (Å²) in [6, 6.07) is 27.0. The number of esters is 1. The Morgan fingerprint density at radius 3 is 2.22 bits per heavy atom. The number of aliphatic imine (C=N–C) groups is 1. The Hall–Kier alpha value is -8.33. The minimum atomic E-state index is -1.07. The van der Waals surface area contributed by atoms with Gasteiger partial charge < -0.3 is 39.8 Å². The summed E-state index contributed by atoms with van der Waals surface area (Å²) in [7, 11) is 1.36. The van der Waals surface area contributed by atoms with Gasteiger partial charge in [-0.25, -0.2) is 4.98 Å². The summed E-state index contributed by atoms with van der Waals surface area (Å²) in [5, 5.41) is 29.9. The molecule has 1 saturated heterocycles. The number of nitrogens with one attached hydrogen (secondary N) is 3. The predicted octanol–water partition coefficient (Wildman–Crippen LogP) is 9.35. The van der Waals surface area contributed by atoms with Gasteiger partial charge in [-0.3, -0.25) is 33.5 Å². The summed E-state index contributed by atoms with van der Waals surface area (Å²) in [4.78, 5) is 80.9. The molecule has 10 rings (SSSR count). The zero-order chi connectivity index (χ0) is 57.4. The maximum absolute atomic E-state index is 14.4. The van der Waals surface area contributed by atoms with Crippen LogP contribution in [0.2, 0.25) is 0 Å². The van der Waals surface area contributed by atoms with Crippen LogP contribution >= 0.6 is 22.7 Å². The molecule has 0 aliphatic carbocycles. The van der Waals surface area contributed by atoms with Crippen molar-refractivity contribution >= 4 is 69.0 Å². The van der Waals surface area contributed by atoms with Gasteiger partial charge in [-0.15, -0.1) is 32.9 Å². The third-order valence-electron chi connectivity index (χ3n) is 14.9. The first-order valence-corrected chi connectivity index (χ1v) is 28.4. The topological polar surface area (TPSA) is 232 Å². The molecule has 18 nitrogen and oxygen atoms in total. The predicted molar refractivity (Wildman–Crippen MR) is 310 cm³/mol. The number of hydrogen-bond donors (Lipinski definition) is 4. The van der Waals surface area contributed by atoms with Gasteiger partial charge in [0, 0.05) is 39.9 Å². The fourth-order valence-corrected chi connectivity index (χ4v) is 12.3. The molecule has 4 N–H and O–H groups in total. The number of thiazole rings is 1. The molecule has 1 fully saturated rings. The molecule has 20 heteroatoms. The zero-order valence-electron chi connectivity index (χ0n) is 46.5. The van der Waals surface area contributed by atoms with E-state index in [1.165, 1.54) is 12.0 Å². The fraction of sp³-hybridized carbons (Fsp3) is 0.328. The van der Waals surface area contributed by atoms with E-state index >= 15 is 0 Å². The summed E-state index contributed by atoms with van der Waals surface area (Å²) < 4.78 is 19.0. The van der Waals surface area contributed by atoms with Gasteiger partial charge in [0.2, 0.25) is 11.8 Å². The van der Waals surface area contributed by atoms with Crippen LogP contribution in [0.1, 0.15) is 118 Å². The van der Waals surface area contributed by atoms with E-state index in [1.54, 1.807) is 59.1 Å². The number of furan rings is 1. The molecule has 2 aliphatic rings. The Morgan fingerprint density at radius 1 is 0.852 bits per heavy atom. The summed E-state index contributed by atoms with van der Waals surface area (Å²) in [6.07, 6.45) is -0.854. The van der Waals surface area contributed by atoms with Crippen LogP contribution in [0.3, 0.4) is 0 Å². The number of aryl methyl sites for hydroxylation is 3. The molecule has 6 heterocycles. The number of hydrogen-bond acceptors (Lipinski definition) is 15. The maximum atomic E-state index is 14.4. The van der Waals surface area contributed by atoms with Gasteiger partial charge in [-0.05, 0) is 104 Å². The number of amides is 4. The van der Waals surface area contributed by atoms with Crippen LogP contribution in [0.5, 0.6) is 5.75 Å². The Labute approximate surface area is 476 Å². The molecule has 4 aromatic heterocycles. The van der Waals surface area contributed by atoms with Crippen LogP contribution in [0.4, 0.5) is 0 Å². The Morgan fingerprint density at radius 2 is 1.54 bits per heavy atom. The van der Waals surface area contributed by atoms with Crippen molar-refractivity contribution in [3.8, 4) is 32.3 Å². The van der Waals surface area contributed by atoms with Crippen LogP contribution in [0.25, 0.3) is 37.5 Å². The van der Waals surface area contributed by atoms with E-state index in [1.807, 2.05) is 112 Å². The molecule has 2 aliphatic heterocycles. The Balaban J connectivity index is 0.729. The van der Waals surface area contributed by atoms with Gasteiger partial charge in [0.1, 0.15) is 46.9 Å². The first-order chi connectivity index (χ1) is 38.8. The molecule has 0 radical (unpaired) electrons. The van der Waals surface area contributed by atoms with E-state index in [2.05, 4.69) is 45.0 Å². The number of benzene rings is 4. The number of thiophene rings is 1. The molecule has 4 amide bonds. The second-order valence-corrected chi connectivity index (χ2v) is 23.6. The Bertz CT molecular complexity index is 3720. The first-order valence-electron chi connectivity index (χ1n) is 26.7. The second kappa shape index (κ2) is 23.0. The highest BCUT2D eigenvalue weighted by atomic mass is 32.1. The Kier molecular flexibility index (Phi) is 15.9. The summed E-state index contributed by atoms with van der Waals surface area (Å²) in [5.41, 5.74) is 10.4. The lowest BCUT2D eigenvalue weighted by Crippen LogP contribution is -2.57. The fourth-order valence-electron chi connectivity index (χ4n) is 10.3. The average Bonchev–Trinajstić information content (AvgIpc) is 4.49. The third kappa shape index (κ3) is 11.7. The van der Waals surface area contributed by atoms with Gasteiger partial charge >= 0.3 is 5.97 Å². The van der Waals surface area contributed by atoms with Gasteiger partial charge in [0.25, 0.3) is 11.8 Å². The molecule has 4 aromatic carbocycles. The van der Waals surface area contributed by atoms with Gasteiger partial charge in [-0.2, -0.15) is 0 Å². The molecule has 0 saturated carbocycles. The van der Waals surface area contributed by atoms with E-state index in [9.17, 15) is 29.1 Å². The van der Waals surface area contributed by atoms with E-state index in [0.717, 1.165) is 65.1 Å². The number of carbonyl (C=O) groups is 5. The standard InChI is InChI=1S/C61H63N9O9S2/c1-32-35(4)81-60-51(32)52(65-46(29-50(72)77-9)55-68-67-36(5)70(55)60)40-16-12-38(13-17-40)39-14-20-42(21-15-39)56(73)62-24-25-78-45-22-23-48-43(26-45)27-49(79-48)58(75)66-54(61(6,7)8)59(76)69-30-44(71)28-47(69)57(74)64-33(2)37-10-18-41(19-11-37)53-34(3)63-31-80-53/h10-23,26-27,31,33,44,46-47,54,71H,24-25,28-30H2,1-9H3,(H,62,73)(H,64,74)(H,66,75)/t33-,44+,46-,47-,54+/m0/s1. The highest BCUT2D eigenvalue weighted by Crippen LogP contribution is 2.40. The highest BCUT2D eigenvalue weighted by molar-refractivity contribution is 7.15. The summed E-state index contributed by atoms with van der Waals surface area (Å²) in [6.45, 7) is 15.6. The number of likely N-dealkylation sites (tertiary alicyclic amines) is 1. The van der Waals surface area contributed by atoms with Crippen LogP contribution in [0, 0.1) is 33.1 Å². The molecule has 0 spiro atoms. The van der Waals surface area contributed by atoms with E-state index in [4.69, 9.17) is 18.9 Å². The van der Waals surface area contributed by atoms with E-state index < -0.39 is 53.3 Å². The number of rotatable bonds is 16. The largest absolute Gasteiger partial charge is 0.492 e. The van der Waals surface area contributed by atoms with Gasteiger partial charge in [-0.1, -0.05) is 81.4 Å². The zero-order valence-corrected chi connectivity index (χ0v) is 48.1. The summed E-state index contributed by atoms with van der Waals surface area (Å²) >= 11 is 3.21. The second-order valence-electron chi connectivity index (χ2n) is 21.5. The minimum Gasteiger partial charge on any atom is -0.492 e. The van der Waals surface area contributed by atoms with Crippen molar-refractivity contribution in [2.75, 3.05) is 26.8 Å². The van der Waals surface area contributed by atoms with E-state index in [0.29, 0.717) is 33.9 Å². The minimum absolute atomic E-state index is 0.0165. The lowest BCUT2D eigenvalue weighted by Gasteiger charge is -2.35. The van der Waals surface area contributed by atoms with Crippen molar-refractivity contribution in [2.45, 2.75) is 98.5 Å². The SMILES string of the molecule is COC(=O)C[C@@H]1N=C(c2ccc(-c3ccc(C(=O)NCCOc4ccc5oc(C(=O)N[C@H](C(=O)N6C[C@H](O)C[C@H]6C(=O)N[C@@H](C)c6ccc(-c7scnc7C)cc6)C(C)(C)C)cc5c4)cc3)cc2)c2c(sc(C)c2C)-n2c(C)nnc21. The average molecular weight is 1130 g/mol. The third-order valence-corrected chi connectivity index (χ3v) is 17.0. The number of methoxy groups -OCH3 is 1. The number of aliphatic hydroxyl groups is 1. The molecule has 418 valence electrons. The van der Waals surface area contributed by atoms with Crippen LogP contribution < -0.4 is 20.7 Å². The molecule has 5 atom stereocenters. The number of carbonyl (C=O) groups excluding carboxylic acids is 5. The van der Waals surface area contributed by atoms with Crippen molar-refractivity contribution in [1.82, 2.24) is 40.6 Å². The number of nitrogens with zero attached hydrogens (tertiary/aromatic N) is 6. The van der Waals surface area contributed by atoms with E-state index in [-0.39, 0.29) is 50.2 Å². The summed E-state index contributed by atoms with van der Waals surface area (Å²) in [5.74, 6) is -0.414. The number of aromatic nitrogens is 4. The van der Waals surface area contributed by atoms with Crippen molar-refractivity contribution in [2.24, 2.45) is 10.4 Å². The quantitative estimate of drug-likeness (QED) is 0.0524. The monoisotopic (exact) mass is 1130 g/mol. The van der Waals surface area contributed by atoms with Crippen molar-refractivity contribution in [3.05, 3.63) is 158 Å². The van der Waals surface area contributed by atoms with Crippen LogP contribution in [-0.2, 0) is 19.1 Å². The van der Waals surface area contributed by atoms with Crippen molar-refractivity contribution < 1.29 is 43.0 Å². The maximum Gasteiger partial charge on any atom is 0.308 e. The molecular weight excluding hydrogens is 1070 g/mol. The normalized spacial score (nSPS) is 16.6. The molecule has 8 aromatic rings. The van der Waals surface area contributed by atoms with Crippen molar-refractivity contribution in [3.63, 3.8) is 0 Å². The number of aliphatic hydroxyl groups excluding tert-OH is 1. The number of fused-ring (bicyclic) bond motifs is 4.